The summed E-state index contributed by atoms with van der Waals surface area (Å²) in [6.07, 6.45) is 5.29. The van der Waals surface area contributed by atoms with Gasteiger partial charge in [0.1, 0.15) is 5.00 Å². The molecule has 14 heavy (non-hydrogen) atoms. The number of rotatable bonds is 3. The van der Waals surface area contributed by atoms with Gasteiger partial charge in [-0.15, -0.1) is 5.10 Å². The van der Waals surface area contributed by atoms with Crippen molar-refractivity contribution in [3.8, 4) is 0 Å². The molecule has 2 aromatic rings. The average Bonchev–Trinajstić information content (AvgIpc) is 2.67. The molecule has 0 aliphatic carbocycles. The van der Waals surface area contributed by atoms with Gasteiger partial charge in [0.2, 0.25) is 0 Å². The van der Waals surface area contributed by atoms with E-state index in [1.165, 1.54) is 11.5 Å². The molecule has 6 heteroatoms. The van der Waals surface area contributed by atoms with Crippen LogP contribution in [0.15, 0.2) is 29.1 Å². The van der Waals surface area contributed by atoms with Gasteiger partial charge in [0.15, 0.2) is 0 Å². The molecule has 0 bridgehead atoms. The molecule has 0 aliphatic rings. The predicted octanol–water partition coefficient (Wildman–Crippen LogP) is 2.31. The Morgan fingerprint density at radius 3 is 3.00 bits per heavy atom. The van der Waals surface area contributed by atoms with E-state index in [-0.39, 0.29) is 0 Å². The summed E-state index contributed by atoms with van der Waals surface area (Å²) < 4.78 is 4.74. The zero-order valence-corrected chi connectivity index (χ0v) is 9.55. The van der Waals surface area contributed by atoms with Crippen LogP contribution in [0.3, 0.4) is 0 Å². The van der Waals surface area contributed by atoms with E-state index in [1.807, 2.05) is 12.3 Å². The molecule has 72 valence electrons. The zero-order valence-electron chi connectivity index (χ0n) is 7.14. The van der Waals surface area contributed by atoms with Crippen LogP contribution < -0.4 is 5.32 Å². The van der Waals surface area contributed by atoms with Crippen molar-refractivity contribution in [3.63, 3.8) is 0 Å². The number of anilines is 1. The van der Waals surface area contributed by atoms with Gasteiger partial charge in [-0.2, -0.15) is 0 Å². The van der Waals surface area contributed by atoms with Crippen LogP contribution in [0.4, 0.5) is 5.00 Å². The van der Waals surface area contributed by atoms with Crippen LogP contribution in [0.2, 0.25) is 0 Å². The highest BCUT2D eigenvalue weighted by Gasteiger charge is 1.97. The van der Waals surface area contributed by atoms with E-state index in [4.69, 9.17) is 0 Å². The fraction of sp³-hybridized carbons (Fsp3) is 0.125. The molecule has 0 saturated carbocycles. The van der Waals surface area contributed by atoms with Gasteiger partial charge in [-0.3, -0.25) is 4.98 Å². The first-order valence-corrected chi connectivity index (χ1v) is 5.52. The molecule has 0 aliphatic heterocycles. The Balaban J connectivity index is 1.98. The van der Waals surface area contributed by atoms with Crippen LogP contribution in [0.1, 0.15) is 5.56 Å². The number of hydrogen-bond acceptors (Lipinski definition) is 5. The van der Waals surface area contributed by atoms with Crippen molar-refractivity contribution < 1.29 is 0 Å². The highest BCUT2D eigenvalue weighted by atomic mass is 79.9. The van der Waals surface area contributed by atoms with E-state index in [9.17, 15) is 0 Å². The summed E-state index contributed by atoms with van der Waals surface area (Å²) in [4.78, 5) is 4.07. The molecule has 2 heterocycles. The minimum Gasteiger partial charge on any atom is -0.370 e. The molecule has 2 aromatic heterocycles. The molecular weight excluding hydrogens is 264 g/mol. The van der Waals surface area contributed by atoms with Gasteiger partial charge in [-0.1, -0.05) is 4.49 Å². The average molecular weight is 271 g/mol. The Labute approximate surface area is 93.7 Å². The number of aromatic nitrogens is 3. The van der Waals surface area contributed by atoms with Gasteiger partial charge in [0.25, 0.3) is 0 Å². The maximum atomic E-state index is 4.07. The van der Waals surface area contributed by atoms with Crippen LogP contribution in [0, 0.1) is 0 Å². The van der Waals surface area contributed by atoms with Crippen molar-refractivity contribution in [2.75, 3.05) is 5.32 Å². The van der Waals surface area contributed by atoms with Gasteiger partial charge in [-0.25, -0.2) is 0 Å². The second-order valence-electron chi connectivity index (χ2n) is 2.65. The maximum absolute atomic E-state index is 4.07. The summed E-state index contributed by atoms with van der Waals surface area (Å²) in [5, 5.41) is 7.90. The lowest BCUT2D eigenvalue weighted by Crippen LogP contribution is -1.97. The van der Waals surface area contributed by atoms with Crippen LogP contribution in [0.25, 0.3) is 0 Å². The summed E-state index contributed by atoms with van der Waals surface area (Å²) >= 11 is 4.71. The minimum atomic E-state index is 0.732. The second-order valence-corrected chi connectivity index (χ2v) is 4.35. The summed E-state index contributed by atoms with van der Waals surface area (Å²) in [5.41, 5.74) is 1.12. The van der Waals surface area contributed by atoms with Crippen LogP contribution >= 0.6 is 27.5 Å². The van der Waals surface area contributed by atoms with Crippen LogP contribution in [-0.4, -0.2) is 14.6 Å². The van der Waals surface area contributed by atoms with E-state index in [0.29, 0.717) is 0 Å². The number of nitrogens with one attached hydrogen (secondary N) is 1. The third-order valence-corrected chi connectivity index (χ3v) is 2.65. The molecule has 0 saturated heterocycles. The molecule has 0 amide bonds. The zero-order chi connectivity index (χ0) is 9.80. The lowest BCUT2D eigenvalue weighted by Gasteiger charge is -2.01. The van der Waals surface area contributed by atoms with Gasteiger partial charge < -0.3 is 5.32 Å². The Morgan fingerprint density at radius 2 is 2.29 bits per heavy atom. The second kappa shape index (κ2) is 4.47. The summed E-state index contributed by atoms with van der Waals surface area (Å²) in [6, 6.07) is 2.02. The smallest absolute Gasteiger partial charge is 0.130 e. The summed E-state index contributed by atoms with van der Waals surface area (Å²) in [6.45, 7) is 0.732. The third-order valence-electron chi connectivity index (χ3n) is 1.59. The normalized spacial score (nSPS) is 10.1. The fourth-order valence-corrected chi connectivity index (χ4v) is 1.81. The Bertz CT molecular complexity index is 403. The van der Waals surface area contributed by atoms with Crippen molar-refractivity contribution in [2.45, 2.75) is 6.54 Å². The number of hydrogen-bond donors (Lipinski definition) is 1. The van der Waals surface area contributed by atoms with Gasteiger partial charge in [0, 0.05) is 34.9 Å². The first-order valence-electron chi connectivity index (χ1n) is 3.95. The number of nitrogens with zero attached hydrogens (tertiary/aromatic N) is 3. The molecule has 0 aromatic carbocycles. The minimum absolute atomic E-state index is 0.732. The Hall–Kier alpha value is -1.01. The van der Waals surface area contributed by atoms with Gasteiger partial charge in [-0.05, 0) is 27.6 Å². The Kier molecular flexibility index (Phi) is 3.05. The Morgan fingerprint density at radius 1 is 1.36 bits per heavy atom. The summed E-state index contributed by atoms with van der Waals surface area (Å²) in [7, 11) is 0. The van der Waals surface area contributed by atoms with Crippen molar-refractivity contribution in [3.05, 3.63) is 34.7 Å². The van der Waals surface area contributed by atoms with E-state index < -0.39 is 0 Å². The standard InChI is InChI=1S/C8H7BrN4S/c9-7-1-6(2-10-4-7)3-11-8-5-12-13-14-8/h1-2,4-5,11H,3H2. The molecule has 0 fully saturated rings. The quantitative estimate of drug-likeness (QED) is 0.930. The topological polar surface area (TPSA) is 50.7 Å². The lowest BCUT2D eigenvalue weighted by molar-refractivity contribution is 1.11. The summed E-state index contributed by atoms with van der Waals surface area (Å²) in [5.74, 6) is 0. The van der Waals surface area contributed by atoms with E-state index in [2.05, 4.69) is 35.8 Å². The molecular formula is C8H7BrN4S. The highest BCUT2D eigenvalue weighted by Crippen LogP contribution is 2.13. The maximum Gasteiger partial charge on any atom is 0.130 e. The lowest BCUT2D eigenvalue weighted by atomic mass is 10.3. The molecule has 2 rings (SSSR count). The van der Waals surface area contributed by atoms with Crippen molar-refractivity contribution in [1.82, 2.24) is 14.6 Å². The van der Waals surface area contributed by atoms with E-state index in [0.717, 1.165) is 21.6 Å². The molecule has 1 N–H and O–H groups in total. The van der Waals surface area contributed by atoms with E-state index in [1.54, 1.807) is 12.4 Å². The molecule has 0 atom stereocenters. The monoisotopic (exact) mass is 270 g/mol. The van der Waals surface area contributed by atoms with Crippen molar-refractivity contribution in [2.24, 2.45) is 0 Å². The third kappa shape index (κ3) is 2.49. The molecule has 4 nitrogen and oxygen atoms in total. The van der Waals surface area contributed by atoms with Gasteiger partial charge >= 0.3 is 0 Å². The molecule has 0 unspecified atom stereocenters. The van der Waals surface area contributed by atoms with E-state index >= 15 is 0 Å². The molecule has 0 radical (unpaired) electrons. The highest BCUT2D eigenvalue weighted by molar-refractivity contribution is 9.10. The molecule has 0 spiro atoms. The van der Waals surface area contributed by atoms with Crippen molar-refractivity contribution >= 4 is 32.5 Å². The van der Waals surface area contributed by atoms with Gasteiger partial charge in [0.05, 0.1) is 6.20 Å². The largest absolute Gasteiger partial charge is 0.370 e. The number of halogens is 1. The first-order chi connectivity index (χ1) is 6.84. The first kappa shape index (κ1) is 9.54. The van der Waals surface area contributed by atoms with Crippen LogP contribution in [-0.2, 0) is 6.54 Å². The predicted molar refractivity (Wildman–Crippen MR) is 59.2 cm³/mol. The number of pyridine rings is 1. The fourth-order valence-electron chi connectivity index (χ4n) is 0.987. The van der Waals surface area contributed by atoms with Crippen molar-refractivity contribution in [1.29, 1.82) is 0 Å². The van der Waals surface area contributed by atoms with Crippen LogP contribution in [0.5, 0.6) is 0 Å². The SMILES string of the molecule is Brc1cncc(CNc2cnns2)c1.